The number of hydrogen-bond acceptors (Lipinski definition) is 4. The Kier molecular flexibility index (Phi) is 7.52. The van der Waals surface area contributed by atoms with Crippen molar-refractivity contribution >= 4 is 29.5 Å². The smallest absolute Gasteiger partial charge is 0.255 e. The molecule has 0 spiro atoms. The van der Waals surface area contributed by atoms with Gasteiger partial charge in [0.15, 0.2) is 0 Å². The number of thioether (sulfide) groups is 1. The number of nitrogens with zero attached hydrogens (tertiary/aromatic N) is 2. The van der Waals surface area contributed by atoms with E-state index in [0.717, 1.165) is 36.4 Å². The van der Waals surface area contributed by atoms with Crippen molar-refractivity contribution in [3.63, 3.8) is 0 Å². The Balaban J connectivity index is 1.64. The fourth-order valence-electron chi connectivity index (χ4n) is 3.42. The number of likely N-dealkylation sites (tertiary alicyclic amines) is 1. The second kappa shape index (κ2) is 10.3. The van der Waals surface area contributed by atoms with Crippen molar-refractivity contribution in [2.75, 3.05) is 32.9 Å². The highest BCUT2D eigenvalue weighted by Gasteiger charge is 2.20. The topological polar surface area (TPSA) is 69.7 Å². The largest absolute Gasteiger partial charge is 0.355 e. The van der Waals surface area contributed by atoms with Crippen LogP contribution in [0.5, 0.6) is 0 Å². The van der Waals surface area contributed by atoms with Gasteiger partial charge in [0, 0.05) is 44.2 Å². The van der Waals surface area contributed by atoms with Gasteiger partial charge in [0.25, 0.3) is 11.8 Å². The van der Waals surface area contributed by atoms with Gasteiger partial charge in [0.1, 0.15) is 0 Å². The maximum atomic E-state index is 13.0. The molecular weight excluding hydrogens is 398 g/mol. The van der Waals surface area contributed by atoms with E-state index in [9.17, 15) is 14.4 Å². The Morgan fingerprint density at radius 1 is 1.03 bits per heavy atom. The van der Waals surface area contributed by atoms with Gasteiger partial charge in [0.05, 0.1) is 11.3 Å². The Bertz CT molecular complexity index is 908. The lowest BCUT2D eigenvalue weighted by molar-refractivity contribution is -0.127. The van der Waals surface area contributed by atoms with Gasteiger partial charge in [-0.15, -0.1) is 11.8 Å². The van der Waals surface area contributed by atoms with Crippen molar-refractivity contribution in [2.45, 2.75) is 24.3 Å². The third kappa shape index (κ3) is 5.42. The molecule has 1 fully saturated rings. The van der Waals surface area contributed by atoms with Crippen molar-refractivity contribution in [1.82, 2.24) is 15.1 Å². The Hall–Kier alpha value is -2.80. The SMILES string of the molecule is CNC(=O)c1ccc(CN(C)C(=O)c2ccccc2SCC(=O)N2CCCC2)cc1. The Labute approximate surface area is 181 Å². The monoisotopic (exact) mass is 425 g/mol. The summed E-state index contributed by atoms with van der Waals surface area (Å²) in [5, 5.41) is 2.59. The molecule has 0 aliphatic carbocycles. The van der Waals surface area contributed by atoms with E-state index >= 15 is 0 Å². The van der Waals surface area contributed by atoms with Gasteiger partial charge < -0.3 is 15.1 Å². The summed E-state index contributed by atoms with van der Waals surface area (Å²) in [6, 6.07) is 14.6. The quantitative estimate of drug-likeness (QED) is 0.693. The van der Waals surface area contributed by atoms with Gasteiger partial charge >= 0.3 is 0 Å². The summed E-state index contributed by atoms with van der Waals surface area (Å²) in [6.45, 7) is 2.10. The lowest BCUT2D eigenvalue weighted by Crippen LogP contribution is -2.29. The normalized spacial score (nSPS) is 13.2. The number of benzene rings is 2. The van der Waals surface area contributed by atoms with E-state index in [-0.39, 0.29) is 17.7 Å². The van der Waals surface area contributed by atoms with Crippen LogP contribution in [0.25, 0.3) is 0 Å². The zero-order chi connectivity index (χ0) is 21.5. The molecule has 1 saturated heterocycles. The van der Waals surface area contributed by atoms with Gasteiger partial charge in [0.2, 0.25) is 5.91 Å². The average Bonchev–Trinajstić information content (AvgIpc) is 3.32. The van der Waals surface area contributed by atoms with Crippen molar-refractivity contribution < 1.29 is 14.4 Å². The van der Waals surface area contributed by atoms with Crippen LogP contribution in [0.4, 0.5) is 0 Å². The number of nitrogens with one attached hydrogen (secondary N) is 1. The number of rotatable bonds is 7. The first-order valence-electron chi connectivity index (χ1n) is 10.1. The molecule has 1 heterocycles. The fourth-order valence-corrected chi connectivity index (χ4v) is 4.37. The van der Waals surface area contributed by atoms with Crippen LogP contribution in [0, 0.1) is 0 Å². The van der Waals surface area contributed by atoms with Crippen molar-refractivity contribution in [3.8, 4) is 0 Å². The highest BCUT2D eigenvalue weighted by Crippen LogP contribution is 2.25. The molecular formula is C23H27N3O3S. The van der Waals surface area contributed by atoms with E-state index in [1.54, 1.807) is 37.2 Å². The summed E-state index contributed by atoms with van der Waals surface area (Å²) < 4.78 is 0. The summed E-state index contributed by atoms with van der Waals surface area (Å²) in [5.41, 5.74) is 2.12. The minimum Gasteiger partial charge on any atom is -0.355 e. The van der Waals surface area contributed by atoms with Crippen LogP contribution in [0.1, 0.15) is 39.1 Å². The van der Waals surface area contributed by atoms with E-state index in [4.69, 9.17) is 0 Å². The Morgan fingerprint density at radius 2 is 1.70 bits per heavy atom. The van der Waals surface area contributed by atoms with E-state index in [2.05, 4.69) is 5.32 Å². The zero-order valence-electron chi connectivity index (χ0n) is 17.4. The lowest BCUT2D eigenvalue weighted by Gasteiger charge is -2.20. The fraction of sp³-hybridized carbons (Fsp3) is 0.348. The van der Waals surface area contributed by atoms with Crippen molar-refractivity contribution in [1.29, 1.82) is 0 Å². The third-order valence-corrected chi connectivity index (χ3v) is 6.20. The molecule has 0 saturated carbocycles. The molecule has 7 heteroatoms. The summed E-state index contributed by atoms with van der Waals surface area (Å²) in [7, 11) is 3.35. The van der Waals surface area contributed by atoms with Crippen LogP contribution in [0.3, 0.4) is 0 Å². The minimum absolute atomic E-state index is 0.0953. The third-order valence-electron chi connectivity index (χ3n) is 5.14. The number of carbonyl (C=O) groups excluding carboxylic acids is 3. The van der Waals surface area contributed by atoms with Crippen LogP contribution < -0.4 is 5.32 Å². The molecule has 0 unspecified atom stereocenters. The minimum atomic E-state index is -0.139. The van der Waals surface area contributed by atoms with E-state index in [1.165, 1.54) is 11.8 Å². The molecule has 1 aliphatic rings. The van der Waals surface area contributed by atoms with Crippen LogP contribution in [0.15, 0.2) is 53.4 Å². The molecule has 3 amide bonds. The molecule has 1 aliphatic heterocycles. The average molecular weight is 426 g/mol. The first-order valence-corrected chi connectivity index (χ1v) is 11.0. The summed E-state index contributed by atoms with van der Waals surface area (Å²) in [4.78, 5) is 41.4. The second-order valence-corrected chi connectivity index (χ2v) is 8.33. The summed E-state index contributed by atoms with van der Waals surface area (Å²) in [6.07, 6.45) is 2.14. The molecule has 6 nitrogen and oxygen atoms in total. The van der Waals surface area contributed by atoms with Gasteiger partial charge in [-0.1, -0.05) is 24.3 Å². The van der Waals surface area contributed by atoms with Gasteiger partial charge in [-0.3, -0.25) is 14.4 Å². The first-order chi connectivity index (χ1) is 14.5. The maximum Gasteiger partial charge on any atom is 0.255 e. The summed E-state index contributed by atoms with van der Waals surface area (Å²) >= 11 is 1.42. The van der Waals surface area contributed by atoms with Gasteiger partial charge in [-0.05, 0) is 42.7 Å². The first kappa shape index (κ1) is 21.9. The number of amides is 3. The Morgan fingerprint density at radius 3 is 2.37 bits per heavy atom. The molecule has 2 aromatic carbocycles. The van der Waals surface area contributed by atoms with E-state index in [1.807, 2.05) is 35.2 Å². The van der Waals surface area contributed by atoms with E-state index < -0.39 is 0 Å². The van der Waals surface area contributed by atoms with Crippen molar-refractivity contribution in [2.24, 2.45) is 0 Å². The zero-order valence-corrected chi connectivity index (χ0v) is 18.2. The van der Waals surface area contributed by atoms with Crippen LogP contribution in [-0.4, -0.2) is 60.5 Å². The molecule has 3 rings (SSSR count). The van der Waals surface area contributed by atoms with Crippen molar-refractivity contribution in [3.05, 3.63) is 65.2 Å². The number of carbonyl (C=O) groups is 3. The molecule has 0 bridgehead atoms. The second-order valence-electron chi connectivity index (χ2n) is 7.31. The maximum absolute atomic E-state index is 13.0. The lowest BCUT2D eigenvalue weighted by atomic mass is 10.1. The molecule has 30 heavy (non-hydrogen) atoms. The predicted octanol–water partition coefficient (Wildman–Crippen LogP) is 3.03. The molecule has 158 valence electrons. The molecule has 0 atom stereocenters. The van der Waals surface area contributed by atoms with Gasteiger partial charge in [-0.25, -0.2) is 0 Å². The predicted molar refractivity (Wildman–Crippen MR) is 119 cm³/mol. The van der Waals surface area contributed by atoms with Gasteiger partial charge in [-0.2, -0.15) is 0 Å². The van der Waals surface area contributed by atoms with Crippen LogP contribution in [-0.2, 0) is 11.3 Å². The van der Waals surface area contributed by atoms with Crippen LogP contribution >= 0.6 is 11.8 Å². The number of hydrogen-bond donors (Lipinski definition) is 1. The molecule has 0 aromatic heterocycles. The highest BCUT2D eigenvalue weighted by molar-refractivity contribution is 8.00. The molecule has 2 aromatic rings. The highest BCUT2D eigenvalue weighted by atomic mass is 32.2. The van der Waals surface area contributed by atoms with E-state index in [0.29, 0.717) is 23.4 Å². The molecule has 0 radical (unpaired) electrons. The van der Waals surface area contributed by atoms with Crippen LogP contribution in [0.2, 0.25) is 0 Å². The summed E-state index contributed by atoms with van der Waals surface area (Å²) in [5.74, 6) is 0.237. The molecule has 1 N–H and O–H groups in total. The standard InChI is InChI=1S/C23H27N3O3S/c1-24-22(28)18-11-9-17(10-12-18)15-25(2)23(29)19-7-3-4-8-20(19)30-16-21(27)26-13-5-6-14-26/h3-4,7-12H,5-6,13-16H2,1-2H3,(H,24,28).